The third-order valence-electron chi connectivity index (χ3n) is 5.13. The van der Waals surface area contributed by atoms with Crippen LogP contribution in [0.25, 0.3) is 5.69 Å². The number of ether oxygens (including phenoxy) is 1. The van der Waals surface area contributed by atoms with E-state index >= 15 is 0 Å². The average Bonchev–Trinajstić information content (AvgIpc) is 3.29. The zero-order valence-electron chi connectivity index (χ0n) is 16.8. The van der Waals surface area contributed by atoms with Crippen molar-refractivity contribution in [2.75, 3.05) is 33.3 Å². The zero-order valence-corrected chi connectivity index (χ0v) is 17.6. The van der Waals surface area contributed by atoms with Crippen LogP contribution in [-0.2, 0) is 10.0 Å². The lowest BCUT2D eigenvalue weighted by molar-refractivity contribution is 0.0691. The first-order valence-electron chi connectivity index (χ1n) is 9.64. The van der Waals surface area contributed by atoms with E-state index in [9.17, 15) is 17.6 Å². The molecule has 162 valence electrons. The summed E-state index contributed by atoms with van der Waals surface area (Å²) in [6.45, 7) is 0.823. The Labute approximate surface area is 179 Å². The summed E-state index contributed by atoms with van der Waals surface area (Å²) >= 11 is 0. The van der Waals surface area contributed by atoms with Gasteiger partial charge < -0.3 is 9.64 Å². The lowest BCUT2D eigenvalue weighted by Crippen LogP contribution is -2.50. The van der Waals surface area contributed by atoms with Gasteiger partial charge in [0.25, 0.3) is 5.91 Å². The Bertz CT molecular complexity index is 1190. The van der Waals surface area contributed by atoms with Crippen LogP contribution in [0.3, 0.4) is 0 Å². The molecule has 2 heterocycles. The fourth-order valence-electron chi connectivity index (χ4n) is 3.40. The van der Waals surface area contributed by atoms with E-state index < -0.39 is 15.8 Å². The second-order valence-corrected chi connectivity index (χ2v) is 8.91. The van der Waals surface area contributed by atoms with Gasteiger partial charge in [0.15, 0.2) is 5.69 Å². The molecule has 4 rings (SSSR count). The van der Waals surface area contributed by atoms with Crippen LogP contribution >= 0.6 is 0 Å². The quantitative estimate of drug-likeness (QED) is 0.602. The molecule has 0 bridgehead atoms. The number of halogens is 1. The van der Waals surface area contributed by atoms with Gasteiger partial charge in [-0.3, -0.25) is 4.79 Å². The van der Waals surface area contributed by atoms with Crippen LogP contribution in [0.2, 0.25) is 0 Å². The first-order chi connectivity index (χ1) is 14.9. The Morgan fingerprint density at radius 3 is 2.32 bits per heavy atom. The molecule has 1 aliphatic rings. The maximum Gasteiger partial charge on any atom is 0.274 e. The Hall–Kier alpha value is -3.24. The van der Waals surface area contributed by atoms with Crippen molar-refractivity contribution in [1.29, 1.82) is 0 Å². The summed E-state index contributed by atoms with van der Waals surface area (Å²) in [7, 11) is -2.15. The van der Waals surface area contributed by atoms with Crippen molar-refractivity contribution >= 4 is 15.9 Å². The van der Waals surface area contributed by atoms with Crippen LogP contribution in [0, 0.1) is 5.82 Å². The molecular weight excluding hydrogens is 423 g/mol. The van der Waals surface area contributed by atoms with E-state index in [-0.39, 0.29) is 48.4 Å². The first kappa shape index (κ1) is 21.0. The lowest BCUT2D eigenvalue weighted by Gasteiger charge is -2.33. The van der Waals surface area contributed by atoms with Crippen LogP contribution in [0.15, 0.2) is 65.7 Å². The van der Waals surface area contributed by atoms with Gasteiger partial charge in [0.2, 0.25) is 10.0 Å². The lowest BCUT2D eigenvalue weighted by atomic mass is 10.3. The summed E-state index contributed by atoms with van der Waals surface area (Å²) in [6.07, 6.45) is 1.52. The van der Waals surface area contributed by atoms with Crippen LogP contribution in [0.5, 0.6) is 5.75 Å². The van der Waals surface area contributed by atoms with E-state index in [1.165, 1.54) is 46.6 Å². The molecule has 0 radical (unpaired) electrons. The molecule has 3 aromatic rings. The highest BCUT2D eigenvalue weighted by Gasteiger charge is 2.31. The van der Waals surface area contributed by atoms with Crippen molar-refractivity contribution in [3.8, 4) is 11.4 Å². The van der Waals surface area contributed by atoms with Crippen molar-refractivity contribution in [3.63, 3.8) is 0 Å². The van der Waals surface area contributed by atoms with Crippen LogP contribution < -0.4 is 4.74 Å². The molecule has 0 saturated carbocycles. The third kappa shape index (κ3) is 4.17. The SMILES string of the molecule is COc1ccc(S(=O)(=O)N2CCN(C(=O)c3ccn(-c4ccccc4F)n3)CC2)cc1. The Morgan fingerprint density at radius 1 is 1.00 bits per heavy atom. The fourth-order valence-corrected chi connectivity index (χ4v) is 4.82. The van der Waals surface area contributed by atoms with Gasteiger partial charge in [-0.1, -0.05) is 12.1 Å². The normalized spacial score (nSPS) is 15.1. The third-order valence-corrected chi connectivity index (χ3v) is 7.04. The number of benzene rings is 2. The topological polar surface area (TPSA) is 84.7 Å². The fraction of sp³-hybridized carbons (Fsp3) is 0.238. The average molecular weight is 444 g/mol. The summed E-state index contributed by atoms with van der Waals surface area (Å²) in [5, 5.41) is 4.19. The number of aromatic nitrogens is 2. The summed E-state index contributed by atoms with van der Waals surface area (Å²) < 4.78 is 47.4. The van der Waals surface area contributed by atoms with Gasteiger partial charge in [0, 0.05) is 32.4 Å². The Balaban J connectivity index is 1.43. The van der Waals surface area contributed by atoms with Gasteiger partial charge in [0.05, 0.1) is 12.0 Å². The monoisotopic (exact) mass is 444 g/mol. The molecule has 2 aromatic carbocycles. The molecule has 0 aliphatic carbocycles. The maximum absolute atomic E-state index is 14.0. The van der Waals surface area contributed by atoms with Crippen molar-refractivity contribution in [3.05, 3.63) is 72.3 Å². The molecule has 1 saturated heterocycles. The number of nitrogens with zero attached hydrogens (tertiary/aromatic N) is 4. The Kier molecular flexibility index (Phi) is 5.75. The molecule has 31 heavy (non-hydrogen) atoms. The van der Waals surface area contributed by atoms with Crippen LogP contribution in [-0.4, -0.2) is 66.6 Å². The minimum absolute atomic E-state index is 0.175. The molecular formula is C21H21FN4O4S. The van der Waals surface area contributed by atoms with Gasteiger partial charge in [-0.25, -0.2) is 17.5 Å². The van der Waals surface area contributed by atoms with Crippen LogP contribution in [0.4, 0.5) is 4.39 Å². The Morgan fingerprint density at radius 2 is 1.68 bits per heavy atom. The minimum Gasteiger partial charge on any atom is -0.497 e. The maximum atomic E-state index is 14.0. The summed E-state index contributed by atoms with van der Waals surface area (Å²) in [5.74, 6) is -0.192. The van der Waals surface area contributed by atoms with Gasteiger partial charge in [-0.2, -0.15) is 9.40 Å². The molecule has 0 atom stereocenters. The van der Waals surface area contributed by atoms with Crippen molar-refractivity contribution < 1.29 is 22.3 Å². The smallest absolute Gasteiger partial charge is 0.274 e. The molecule has 1 aliphatic heterocycles. The van der Waals surface area contributed by atoms with Gasteiger partial charge >= 0.3 is 0 Å². The predicted octanol–water partition coefficient (Wildman–Crippen LogP) is 2.17. The number of hydrogen-bond donors (Lipinski definition) is 0. The van der Waals surface area contributed by atoms with Gasteiger partial charge in [-0.15, -0.1) is 0 Å². The standard InChI is InChI=1S/C21H21FN4O4S/c1-30-16-6-8-17(9-7-16)31(28,29)25-14-12-24(13-15-25)21(27)19-10-11-26(23-19)20-5-3-2-4-18(20)22/h2-11H,12-15H2,1H3. The molecule has 1 amide bonds. The minimum atomic E-state index is -3.66. The van der Waals surface area contributed by atoms with E-state index in [1.807, 2.05) is 0 Å². The van der Waals surface area contributed by atoms with E-state index in [1.54, 1.807) is 35.2 Å². The number of carbonyl (C=O) groups excluding carboxylic acids is 1. The number of carbonyl (C=O) groups is 1. The summed E-state index contributed by atoms with van der Waals surface area (Å²) in [6, 6.07) is 13.9. The molecule has 8 nitrogen and oxygen atoms in total. The van der Waals surface area contributed by atoms with Crippen molar-refractivity contribution in [1.82, 2.24) is 19.0 Å². The predicted molar refractivity (Wildman–Crippen MR) is 111 cm³/mol. The number of methoxy groups -OCH3 is 1. The second-order valence-electron chi connectivity index (χ2n) is 6.97. The number of rotatable bonds is 5. The second kappa shape index (κ2) is 8.48. The molecule has 1 fully saturated rings. The number of piperazine rings is 1. The molecule has 1 aromatic heterocycles. The number of para-hydroxylation sites is 1. The number of amides is 1. The van der Waals surface area contributed by atoms with E-state index in [4.69, 9.17) is 4.74 Å². The molecule has 0 unspecified atom stereocenters. The number of sulfonamides is 1. The highest BCUT2D eigenvalue weighted by molar-refractivity contribution is 7.89. The van der Waals surface area contributed by atoms with Crippen molar-refractivity contribution in [2.24, 2.45) is 0 Å². The largest absolute Gasteiger partial charge is 0.497 e. The molecule has 10 heteroatoms. The van der Waals surface area contributed by atoms with Crippen molar-refractivity contribution in [2.45, 2.75) is 4.90 Å². The summed E-state index contributed by atoms with van der Waals surface area (Å²) in [4.78, 5) is 14.5. The molecule has 0 spiro atoms. The van der Waals surface area contributed by atoms with E-state index in [0.717, 1.165) is 0 Å². The van der Waals surface area contributed by atoms with Crippen LogP contribution in [0.1, 0.15) is 10.5 Å². The number of hydrogen-bond acceptors (Lipinski definition) is 5. The van der Waals surface area contributed by atoms with E-state index in [2.05, 4.69) is 5.10 Å². The molecule has 0 N–H and O–H groups in total. The zero-order chi connectivity index (χ0) is 22.0. The summed E-state index contributed by atoms with van der Waals surface area (Å²) in [5.41, 5.74) is 0.423. The highest BCUT2D eigenvalue weighted by Crippen LogP contribution is 2.21. The highest BCUT2D eigenvalue weighted by atomic mass is 32.2. The van der Waals surface area contributed by atoms with Gasteiger partial charge in [0.1, 0.15) is 17.3 Å². The van der Waals surface area contributed by atoms with Gasteiger partial charge in [-0.05, 0) is 42.5 Å². The first-order valence-corrected chi connectivity index (χ1v) is 11.1. The van der Waals surface area contributed by atoms with E-state index in [0.29, 0.717) is 5.75 Å².